The molecule has 10 heteroatoms. The molecule has 2 heterocycles. The third-order valence-corrected chi connectivity index (χ3v) is 5.18. The fraction of sp³-hybridized carbons (Fsp3) is 0.278. The topological polar surface area (TPSA) is 120 Å². The van der Waals surface area contributed by atoms with Crippen molar-refractivity contribution in [1.29, 1.82) is 0 Å². The number of hydrogen-bond acceptors (Lipinski definition) is 6. The Bertz CT molecular complexity index is 1170. The minimum Gasteiger partial charge on any atom is -0.396 e. The lowest BCUT2D eigenvalue weighted by Gasteiger charge is -2.17. The van der Waals surface area contributed by atoms with Gasteiger partial charge in [0.1, 0.15) is 17.0 Å². The highest BCUT2D eigenvalue weighted by Crippen LogP contribution is 2.27. The second kappa shape index (κ2) is 7.97. The van der Waals surface area contributed by atoms with Crippen molar-refractivity contribution < 1.29 is 14.6 Å². The van der Waals surface area contributed by atoms with E-state index >= 15 is 0 Å². The van der Waals surface area contributed by atoms with Gasteiger partial charge in [0.2, 0.25) is 0 Å². The second-order valence-electron chi connectivity index (χ2n) is 6.33. The fourth-order valence-electron chi connectivity index (χ4n) is 2.89. The molecule has 3 rings (SSSR count). The lowest BCUT2D eigenvalue weighted by atomic mass is 10.1. The van der Waals surface area contributed by atoms with E-state index in [1.165, 1.54) is 30.7 Å². The highest BCUT2D eigenvalue weighted by Gasteiger charge is 2.21. The second-order valence-corrected chi connectivity index (χ2v) is 7.57. The first-order valence-electron chi connectivity index (χ1n) is 8.35. The summed E-state index contributed by atoms with van der Waals surface area (Å²) in [5, 5.41) is 21.7. The minimum absolute atomic E-state index is 0.0627. The number of H-pyrrole nitrogens is 1. The van der Waals surface area contributed by atoms with E-state index in [1.54, 1.807) is 6.07 Å². The number of fused-ring (bicyclic) bond motifs is 1. The van der Waals surface area contributed by atoms with Gasteiger partial charge in [0, 0.05) is 16.2 Å². The Hall–Kier alpha value is -2.31. The van der Waals surface area contributed by atoms with Crippen LogP contribution in [0.15, 0.2) is 27.8 Å². The van der Waals surface area contributed by atoms with E-state index < -0.39 is 36.1 Å². The predicted molar refractivity (Wildman–Crippen MR) is 112 cm³/mol. The lowest BCUT2D eigenvalue weighted by molar-refractivity contribution is 0.188. The van der Waals surface area contributed by atoms with Crippen LogP contribution in [0.3, 0.4) is 0 Å². The maximum absolute atomic E-state index is 14.3. The van der Waals surface area contributed by atoms with Crippen molar-refractivity contribution in [3.05, 3.63) is 59.7 Å². The van der Waals surface area contributed by atoms with Crippen molar-refractivity contribution in [2.24, 2.45) is 7.05 Å². The zero-order chi connectivity index (χ0) is 20.6. The van der Waals surface area contributed by atoms with Gasteiger partial charge >= 0.3 is 0 Å². The molecule has 0 atom stereocenters. The van der Waals surface area contributed by atoms with Gasteiger partial charge < -0.3 is 20.5 Å². The van der Waals surface area contributed by atoms with Gasteiger partial charge in [-0.2, -0.15) is 0 Å². The number of nitrogens with one attached hydrogen (secondary N) is 2. The summed E-state index contributed by atoms with van der Waals surface area (Å²) in [5.74, 6) is -1.26. The van der Waals surface area contributed by atoms with Crippen molar-refractivity contribution in [1.82, 2.24) is 14.5 Å². The maximum atomic E-state index is 14.3. The number of hydrogen-bond donors (Lipinski definition) is 4. The molecule has 0 bridgehead atoms. The number of aliphatic hydroxyl groups is 2. The number of aryl methyl sites for hydroxylation is 1. The molecule has 0 fully saturated rings. The number of benzene rings is 1. The average Bonchev–Trinajstić information content (AvgIpc) is 2.66. The van der Waals surface area contributed by atoms with E-state index in [9.17, 15) is 24.2 Å². The Balaban J connectivity index is 2.31. The Labute approximate surface area is 172 Å². The van der Waals surface area contributed by atoms with Crippen LogP contribution in [0.5, 0.6) is 0 Å². The SMILES string of the molecule is Cc1c(Nc2ccc(I)cc2F)c2c(=O)[nH]c(C(CO)CO)nc2n(C)c1=O. The maximum Gasteiger partial charge on any atom is 0.262 e. The van der Waals surface area contributed by atoms with Gasteiger partial charge in [-0.05, 0) is 47.7 Å². The average molecular weight is 500 g/mol. The summed E-state index contributed by atoms with van der Waals surface area (Å²) >= 11 is 1.98. The van der Waals surface area contributed by atoms with Gasteiger partial charge in [-0.3, -0.25) is 14.2 Å². The summed E-state index contributed by atoms with van der Waals surface area (Å²) in [4.78, 5) is 32.2. The van der Waals surface area contributed by atoms with Gasteiger partial charge in [-0.25, -0.2) is 9.37 Å². The van der Waals surface area contributed by atoms with Crippen molar-refractivity contribution in [3.63, 3.8) is 0 Å². The van der Waals surface area contributed by atoms with Gasteiger partial charge in [-0.1, -0.05) is 0 Å². The van der Waals surface area contributed by atoms with Crippen molar-refractivity contribution >= 4 is 45.0 Å². The van der Waals surface area contributed by atoms with Crippen LogP contribution in [0.4, 0.5) is 15.8 Å². The molecular weight excluding hydrogens is 482 g/mol. The molecule has 0 aliphatic rings. The van der Waals surface area contributed by atoms with Crippen LogP contribution in [-0.2, 0) is 7.05 Å². The molecular formula is C18H18FIN4O4. The molecule has 0 unspecified atom stereocenters. The Kier molecular flexibility index (Phi) is 5.82. The molecule has 0 aliphatic carbocycles. The van der Waals surface area contributed by atoms with Gasteiger partial charge in [-0.15, -0.1) is 0 Å². The van der Waals surface area contributed by atoms with E-state index in [-0.39, 0.29) is 33.8 Å². The van der Waals surface area contributed by atoms with Gasteiger partial charge in [0.15, 0.2) is 5.65 Å². The highest BCUT2D eigenvalue weighted by atomic mass is 127. The lowest BCUT2D eigenvalue weighted by Crippen LogP contribution is -2.27. The Morgan fingerprint density at radius 3 is 2.61 bits per heavy atom. The number of nitrogens with zero attached hydrogens (tertiary/aromatic N) is 2. The standard InChI is InChI=1S/C18H18FIN4O4/c1-8-14(21-12-4-3-10(20)5-11(12)19)13-16(24(2)18(8)28)22-15(23-17(13)27)9(6-25)7-26/h3-5,9,21,25-26H,6-7H2,1-2H3,(H,22,23,27). The van der Waals surface area contributed by atoms with Crippen molar-refractivity contribution in [2.45, 2.75) is 12.8 Å². The molecule has 8 nitrogen and oxygen atoms in total. The molecule has 148 valence electrons. The molecule has 3 aromatic rings. The number of halogens is 2. The highest BCUT2D eigenvalue weighted by molar-refractivity contribution is 14.1. The molecule has 4 N–H and O–H groups in total. The molecule has 1 aromatic carbocycles. The first kappa shape index (κ1) is 20.4. The van der Waals surface area contributed by atoms with Crippen molar-refractivity contribution in [3.8, 4) is 0 Å². The third kappa shape index (κ3) is 3.54. The molecule has 2 aromatic heterocycles. The largest absolute Gasteiger partial charge is 0.396 e. The summed E-state index contributed by atoms with van der Waals surface area (Å²) in [5.41, 5.74) is -0.412. The van der Waals surface area contributed by atoms with E-state index in [0.717, 1.165) is 0 Å². The zero-order valence-corrected chi connectivity index (χ0v) is 17.2. The molecule has 0 saturated heterocycles. The van der Waals surface area contributed by atoms with Crippen LogP contribution in [0, 0.1) is 16.3 Å². The predicted octanol–water partition coefficient (Wildman–Crippen LogP) is 1.49. The number of pyridine rings is 1. The molecule has 0 amide bonds. The first-order chi connectivity index (χ1) is 13.3. The first-order valence-corrected chi connectivity index (χ1v) is 9.43. The number of aromatic nitrogens is 3. The van der Waals surface area contributed by atoms with E-state index in [1.807, 2.05) is 22.6 Å². The van der Waals surface area contributed by atoms with Crippen LogP contribution in [-0.4, -0.2) is 38.0 Å². The zero-order valence-electron chi connectivity index (χ0n) is 15.1. The monoisotopic (exact) mass is 500 g/mol. The quantitative estimate of drug-likeness (QED) is 0.394. The van der Waals surface area contributed by atoms with Crippen LogP contribution >= 0.6 is 22.6 Å². The summed E-state index contributed by atoms with van der Waals surface area (Å²) in [6.07, 6.45) is 0. The minimum atomic E-state index is -0.793. The van der Waals surface area contributed by atoms with Crippen LogP contribution < -0.4 is 16.4 Å². The molecule has 28 heavy (non-hydrogen) atoms. The van der Waals surface area contributed by atoms with E-state index in [2.05, 4.69) is 15.3 Å². The normalized spacial score (nSPS) is 11.4. The summed E-state index contributed by atoms with van der Waals surface area (Å²) in [7, 11) is 1.47. The number of rotatable bonds is 5. The van der Waals surface area contributed by atoms with E-state index in [0.29, 0.717) is 3.57 Å². The third-order valence-electron chi connectivity index (χ3n) is 4.51. The molecule has 0 aliphatic heterocycles. The molecule has 0 saturated carbocycles. The molecule has 0 radical (unpaired) electrons. The summed E-state index contributed by atoms with van der Waals surface area (Å²) < 4.78 is 16.2. The smallest absolute Gasteiger partial charge is 0.262 e. The van der Waals surface area contributed by atoms with Crippen LogP contribution in [0.1, 0.15) is 17.3 Å². The Morgan fingerprint density at radius 2 is 2.00 bits per heavy atom. The van der Waals surface area contributed by atoms with Crippen molar-refractivity contribution in [2.75, 3.05) is 18.5 Å². The number of aromatic amines is 1. The molecule has 0 spiro atoms. The van der Waals surface area contributed by atoms with E-state index in [4.69, 9.17) is 0 Å². The Morgan fingerprint density at radius 1 is 1.32 bits per heavy atom. The number of aliphatic hydroxyl groups excluding tert-OH is 2. The fourth-order valence-corrected chi connectivity index (χ4v) is 3.35. The van der Waals surface area contributed by atoms with Crippen LogP contribution in [0.2, 0.25) is 0 Å². The number of anilines is 2. The van der Waals surface area contributed by atoms with Crippen LogP contribution in [0.25, 0.3) is 11.0 Å². The van der Waals surface area contributed by atoms with Gasteiger partial charge in [0.25, 0.3) is 11.1 Å². The summed E-state index contributed by atoms with van der Waals surface area (Å²) in [6.45, 7) is 0.680. The van der Waals surface area contributed by atoms with Gasteiger partial charge in [0.05, 0.1) is 30.5 Å². The summed E-state index contributed by atoms with van der Waals surface area (Å²) in [6, 6.07) is 4.54.